The van der Waals surface area contributed by atoms with Crippen LogP contribution in [0.3, 0.4) is 0 Å². The summed E-state index contributed by atoms with van der Waals surface area (Å²) < 4.78 is 0. The third-order valence-electron chi connectivity index (χ3n) is 3.13. The highest BCUT2D eigenvalue weighted by molar-refractivity contribution is 7.14. The van der Waals surface area contributed by atoms with Gasteiger partial charge in [0, 0.05) is 17.5 Å². The molecular formula is C15H17N3O3S. The number of carbonyl (C=O) groups is 2. The third kappa shape index (κ3) is 4.05. The topological polar surface area (TPSA) is 91.3 Å². The minimum absolute atomic E-state index is 0.0798. The van der Waals surface area contributed by atoms with Gasteiger partial charge in [0.15, 0.2) is 5.13 Å². The van der Waals surface area contributed by atoms with Crippen LogP contribution >= 0.6 is 11.3 Å². The van der Waals surface area contributed by atoms with E-state index in [0.717, 1.165) is 11.3 Å². The summed E-state index contributed by atoms with van der Waals surface area (Å²) in [5.41, 5.74) is 1.55. The average Bonchev–Trinajstić information content (AvgIpc) is 2.94. The van der Waals surface area contributed by atoms with Crippen molar-refractivity contribution in [3.63, 3.8) is 0 Å². The quantitative estimate of drug-likeness (QED) is 0.759. The zero-order chi connectivity index (χ0) is 16.1. The number of nitrogens with one attached hydrogen (secondary N) is 2. The van der Waals surface area contributed by atoms with E-state index in [1.54, 1.807) is 43.5 Å². The van der Waals surface area contributed by atoms with E-state index in [9.17, 15) is 9.59 Å². The second-order valence-corrected chi connectivity index (χ2v) is 5.60. The molecule has 0 unspecified atom stereocenters. The van der Waals surface area contributed by atoms with Gasteiger partial charge in [0.1, 0.15) is 5.82 Å². The number of benzene rings is 1. The smallest absolute Gasteiger partial charge is 0.310 e. The Morgan fingerprint density at radius 2 is 2.00 bits per heavy atom. The first-order valence-electron chi connectivity index (χ1n) is 6.84. The zero-order valence-corrected chi connectivity index (χ0v) is 13.1. The molecule has 1 atom stereocenters. The van der Waals surface area contributed by atoms with Gasteiger partial charge in [-0.2, -0.15) is 0 Å². The highest BCUT2D eigenvalue weighted by Gasteiger charge is 2.13. The average molecular weight is 319 g/mol. The van der Waals surface area contributed by atoms with Crippen LogP contribution in [0.1, 0.15) is 31.7 Å². The Labute approximate surface area is 132 Å². The molecule has 2 rings (SSSR count). The van der Waals surface area contributed by atoms with Gasteiger partial charge in [-0.3, -0.25) is 9.59 Å². The van der Waals surface area contributed by atoms with E-state index in [1.807, 2.05) is 0 Å². The van der Waals surface area contributed by atoms with Crippen molar-refractivity contribution in [2.45, 2.75) is 26.2 Å². The van der Waals surface area contributed by atoms with E-state index in [1.165, 1.54) is 11.3 Å². The number of aromatic nitrogens is 1. The van der Waals surface area contributed by atoms with Crippen LogP contribution in [0.5, 0.6) is 0 Å². The predicted octanol–water partition coefficient (Wildman–Crippen LogP) is 3.42. The van der Waals surface area contributed by atoms with E-state index in [4.69, 9.17) is 5.11 Å². The number of thiazole rings is 1. The maximum absolute atomic E-state index is 11.3. The van der Waals surface area contributed by atoms with E-state index < -0.39 is 11.9 Å². The number of amides is 1. The Hall–Kier alpha value is -2.41. The van der Waals surface area contributed by atoms with E-state index in [-0.39, 0.29) is 5.91 Å². The summed E-state index contributed by atoms with van der Waals surface area (Å²) in [6.07, 6.45) is 0.406. The van der Waals surface area contributed by atoms with E-state index in [2.05, 4.69) is 15.6 Å². The zero-order valence-electron chi connectivity index (χ0n) is 12.3. The summed E-state index contributed by atoms with van der Waals surface area (Å²) in [5.74, 6) is -0.943. The third-order valence-corrected chi connectivity index (χ3v) is 3.88. The predicted molar refractivity (Wildman–Crippen MR) is 86.8 cm³/mol. The lowest BCUT2D eigenvalue weighted by atomic mass is 10.0. The summed E-state index contributed by atoms with van der Waals surface area (Å²) in [7, 11) is 0. The molecule has 0 saturated heterocycles. The lowest BCUT2D eigenvalue weighted by Crippen LogP contribution is -2.09. The maximum atomic E-state index is 11.3. The minimum atomic E-state index is -0.850. The Morgan fingerprint density at radius 1 is 1.32 bits per heavy atom. The fourth-order valence-corrected chi connectivity index (χ4v) is 2.40. The van der Waals surface area contributed by atoms with Crippen LogP contribution < -0.4 is 10.6 Å². The standard InChI is InChI=1S/C15H17N3O3S/c1-3-13(19)17-12-8-22-15(18-12)16-11-6-4-10(5-7-11)9(2)14(20)21/h4-9H,3H2,1-2H3,(H,16,18)(H,17,19)(H,20,21)/t9-/m0/s1. The number of carbonyl (C=O) groups excluding carboxylic acids is 1. The number of aliphatic carboxylic acids is 1. The fraction of sp³-hybridized carbons (Fsp3) is 0.267. The van der Waals surface area contributed by atoms with Gasteiger partial charge in [0.25, 0.3) is 0 Å². The van der Waals surface area contributed by atoms with Crippen molar-refractivity contribution < 1.29 is 14.7 Å². The molecule has 1 amide bonds. The molecule has 116 valence electrons. The van der Waals surface area contributed by atoms with Gasteiger partial charge >= 0.3 is 5.97 Å². The van der Waals surface area contributed by atoms with Crippen LogP contribution in [0.25, 0.3) is 0 Å². The SMILES string of the molecule is CCC(=O)Nc1csc(Nc2ccc([C@H](C)C(=O)O)cc2)n1. The first-order chi connectivity index (χ1) is 10.5. The number of hydrogen-bond acceptors (Lipinski definition) is 5. The summed E-state index contributed by atoms with van der Waals surface area (Å²) in [6.45, 7) is 3.43. The number of anilines is 3. The van der Waals surface area contributed by atoms with Gasteiger partial charge < -0.3 is 15.7 Å². The van der Waals surface area contributed by atoms with Gasteiger partial charge in [-0.05, 0) is 24.6 Å². The van der Waals surface area contributed by atoms with Crippen LogP contribution in [-0.4, -0.2) is 22.0 Å². The van der Waals surface area contributed by atoms with Crippen molar-refractivity contribution in [1.82, 2.24) is 4.98 Å². The highest BCUT2D eigenvalue weighted by Crippen LogP contribution is 2.25. The first-order valence-corrected chi connectivity index (χ1v) is 7.72. The highest BCUT2D eigenvalue weighted by atomic mass is 32.1. The molecule has 1 heterocycles. The summed E-state index contributed by atoms with van der Waals surface area (Å²) in [5, 5.41) is 17.2. The molecule has 0 aliphatic rings. The molecule has 0 bridgehead atoms. The second kappa shape index (κ2) is 7.04. The van der Waals surface area contributed by atoms with E-state index in [0.29, 0.717) is 17.4 Å². The monoisotopic (exact) mass is 319 g/mol. The molecule has 0 aliphatic carbocycles. The van der Waals surface area contributed by atoms with Gasteiger partial charge in [-0.1, -0.05) is 19.1 Å². The largest absolute Gasteiger partial charge is 0.481 e. The molecule has 0 saturated carbocycles. The van der Waals surface area contributed by atoms with Crippen molar-refractivity contribution in [2.75, 3.05) is 10.6 Å². The number of carboxylic acid groups (broad SMARTS) is 1. The molecule has 0 fully saturated rings. The van der Waals surface area contributed by atoms with Gasteiger partial charge in [-0.15, -0.1) is 11.3 Å². The summed E-state index contributed by atoms with van der Waals surface area (Å²) in [6, 6.07) is 7.16. The van der Waals surface area contributed by atoms with Gasteiger partial charge in [-0.25, -0.2) is 4.98 Å². The van der Waals surface area contributed by atoms with Crippen molar-refractivity contribution >= 4 is 39.9 Å². The molecular weight excluding hydrogens is 302 g/mol. The maximum Gasteiger partial charge on any atom is 0.310 e. The summed E-state index contributed by atoms with van der Waals surface area (Å²) >= 11 is 1.38. The molecule has 0 radical (unpaired) electrons. The van der Waals surface area contributed by atoms with Crippen LogP contribution in [0.2, 0.25) is 0 Å². The molecule has 6 nitrogen and oxygen atoms in total. The molecule has 1 aromatic carbocycles. The number of hydrogen-bond donors (Lipinski definition) is 3. The lowest BCUT2D eigenvalue weighted by Gasteiger charge is -2.08. The molecule has 22 heavy (non-hydrogen) atoms. The molecule has 2 aromatic rings. The normalized spacial score (nSPS) is 11.7. The van der Waals surface area contributed by atoms with E-state index >= 15 is 0 Å². The molecule has 3 N–H and O–H groups in total. The minimum Gasteiger partial charge on any atom is -0.481 e. The molecule has 7 heteroatoms. The first kappa shape index (κ1) is 16.0. The molecule has 1 aromatic heterocycles. The Bertz CT molecular complexity index is 667. The Balaban J connectivity index is 2.02. The number of nitrogens with zero attached hydrogens (tertiary/aromatic N) is 1. The van der Waals surface area contributed by atoms with Crippen LogP contribution in [0.15, 0.2) is 29.6 Å². The van der Waals surface area contributed by atoms with Gasteiger partial charge in [0.2, 0.25) is 5.91 Å². The van der Waals surface area contributed by atoms with Crippen LogP contribution in [-0.2, 0) is 9.59 Å². The second-order valence-electron chi connectivity index (χ2n) is 4.75. The van der Waals surface area contributed by atoms with Crippen molar-refractivity contribution in [3.8, 4) is 0 Å². The van der Waals surface area contributed by atoms with Crippen LogP contribution in [0.4, 0.5) is 16.6 Å². The summed E-state index contributed by atoms with van der Waals surface area (Å²) in [4.78, 5) is 26.5. The number of rotatable bonds is 6. The van der Waals surface area contributed by atoms with Crippen LogP contribution in [0, 0.1) is 0 Å². The Morgan fingerprint density at radius 3 is 2.59 bits per heavy atom. The van der Waals surface area contributed by atoms with Crippen molar-refractivity contribution in [1.29, 1.82) is 0 Å². The fourth-order valence-electron chi connectivity index (χ4n) is 1.74. The molecule has 0 spiro atoms. The number of carboxylic acids is 1. The van der Waals surface area contributed by atoms with Crippen molar-refractivity contribution in [2.24, 2.45) is 0 Å². The molecule has 0 aliphatic heterocycles. The van der Waals surface area contributed by atoms with Crippen molar-refractivity contribution in [3.05, 3.63) is 35.2 Å². The Kier molecular flexibility index (Phi) is 5.11. The van der Waals surface area contributed by atoms with Gasteiger partial charge in [0.05, 0.1) is 5.92 Å². The lowest BCUT2D eigenvalue weighted by molar-refractivity contribution is -0.138.